The Kier molecular flexibility index (Phi) is 5.33. The van der Waals surface area contributed by atoms with Gasteiger partial charge in [0, 0.05) is 22.7 Å². The van der Waals surface area contributed by atoms with Gasteiger partial charge in [0.15, 0.2) is 10.9 Å². The first-order chi connectivity index (χ1) is 13.1. The van der Waals surface area contributed by atoms with E-state index in [0.717, 1.165) is 33.0 Å². The molecule has 3 heterocycles. The summed E-state index contributed by atoms with van der Waals surface area (Å²) in [7, 11) is 0. The average Bonchev–Trinajstić information content (AvgIpc) is 3.39. The van der Waals surface area contributed by atoms with E-state index in [-0.39, 0.29) is 6.04 Å². The normalized spacial score (nSPS) is 11.4. The highest BCUT2D eigenvalue weighted by molar-refractivity contribution is 7.98. The van der Waals surface area contributed by atoms with Gasteiger partial charge in [0.1, 0.15) is 5.01 Å². The maximum atomic E-state index is 6.28. The second-order valence-electron chi connectivity index (χ2n) is 6.16. The van der Waals surface area contributed by atoms with E-state index in [2.05, 4.69) is 34.0 Å². The third-order valence-corrected chi connectivity index (χ3v) is 6.16. The van der Waals surface area contributed by atoms with Crippen molar-refractivity contribution in [1.29, 1.82) is 0 Å². The van der Waals surface area contributed by atoms with Crippen molar-refractivity contribution in [2.24, 2.45) is 0 Å². The van der Waals surface area contributed by atoms with Crippen LogP contribution in [0.4, 0.5) is 0 Å². The van der Waals surface area contributed by atoms with Gasteiger partial charge in [-0.05, 0) is 32.0 Å². The number of benzene rings is 1. The van der Waals surface area contributed by atoms with Gasteiger partial charge < -0.3 is 4.42 Å². The first kappa shape index (κ1) is 18.3. The van der Waals surface area contributed by atoms with E-state index < -0.39 is 0 Å². The molecule has 0 aliphatic heterocycles. The van der Waals surface area contributed by atoms with Crippen LogP contribution in [0.25, 0.3) is 22.2 Å². The van der Waals surface area contributed by atoms with Crippen molar-refractivity contribution in [2.75, 3.05) is 0 Å². The van der Waals surface area contributed by atoms with Gasteiger partial charge in [0.05, 0.1) is 17.0 Å². The maximum absolute atomic E-state index is 6.28. The predicted octanol–water partition coefficient (Wildman–Crippen LogP) is 6.19. The van der Waals surface area contributed by atoms with Crippen molar-refractivity contribution < 1.29 is 4.42 Å². The zero-order chi connectivity index (χ0) is 18.8. The molecule has 5 nitrogen and oxygen atoms in total. The second-order valence-corrected chi connectivity index (χ2v) is 8.37. The summed E-state index contributed by atoms with van der Waals surface area (Å²) in [5.41, 5.74) is 1.96. The van der Waals surface area contributed by atoms with Gasteiger partial charge in [-0.1, -0.05) is 41.6 Å². The topological polar surface area (TPSA) is 56.7 Å². The van der Waals surface area contributed by atoms with E-state index in [1.54, 1.807) is 29.4 Å². The summed E-state index contributed by atoms with van der Waals surface area (Å²) in [4.78, 5) is 4.72. The minimum Gasteiger partial charge on any atom is -0.461 e. The van der Waals surface area contributed by atoms with Gasteiger partial charge in [0.25, 0.3) is 0 Å². The number of halogens is 1. The third-order valence-electron chi connectivity index (χ3n) is 3.93. The van der Waals surface area contributed by atoms with Crippen molar-refractivity contribution >= 4 is 34.7 Å². The summed E-state index contributed by atoms with van der Waals surface area (Å²) in [6.07, 6.45) is 1.65. The molecule has 0 saturated carbocycles. The highest BCUT2D eigenvalue weighted by Gasteiger charge is 2.19. The van der Waals surface area contributed by atoms with Gasteiger partial charge in [-0.25, -0.2) is 4.98 Å². The molecular weight excluding hydrogens is 400 g/mol. The fourth-order valence-corrected chi connectivity index (χ4v) is 4.89. The van der Waals surface area contributed by atoms with Gasteiger partial charge in [-0.15, -0.1) is 21.5 Å². The molecule has 0 radical (unpaired) electrons. The van der Waals surface area contributed by atoms with Crippen molar-refractivity contribution in [3.63, 3.8) is 0 Å². The highest BCUT2D eigenvalue weighted by atomic mass is 35.5. The largest absolute Gasteiger partial charge is 0.461 e. The second kappa shape index (κ2) is 7.88. The Labute approximate surface area is 170 Å². The van der Waals surface area contributed by atoms with Crippen LogP contribution in [0, 0.1) is 0 Å². The standard InChI is InChI=1S/C19H17ClN4OS2/c1-12(2)24-17(16-8-5-9-25-16)22-23-19(24)27-11-13-10-26-18(21-13)14-6-3-4-7-15(14)20/h3-10,12H,11H2,1-2H3. The van der Waals surface area contributed by atoms with E-state index in [0.29, 0.717) is 10.8 Å². The molecule has 0 atom stereocenters. The van der Waals surface area contributed by atoms with Gasteiger partial charge >= 0.3 is 0 Å². The number of hydrogen-bond acceptors (Lipinski definition) is 6. The van der Waals surface area contributed by atoms with E-state index in [4.69, 9.17) is 21.0 Å². The molecule has 8 heteroatoms. The van der Waals surface area contributed by atoms with Crippen LogP contribution in [-0.4, -0.2) is 19.7 Å². The Morgan fingerprint density at radius 3 is 2.78 bits per heavy atom. The SMILES string of the molecule is CC(C)n1c(SCc2csc(-c3ccccc3Cl)n2)nnc1-c1ccco1. The lowest BCUT2D eigenvalue weighted by Crippen LogP contribution is -2.04. The highest BCUT2D eigenvalue weighted by Crippen LogP contribution is 2.33. The summed E-state index contributed by atoms with van der Waals surface area (Å²) in [6.45, 7) is 4.22. The molecule has 0 spiro atoms. The third kappa shape index (κ3) is 3.81. The zero-order valence-corrected chi connectivity index (χ0v) is 17.2. The molecule has 0 aliphatic rings. The van der Waals surface area contributed by atoms with E-state index in [1.807, 2.05) is 36.4 Å². The molecule has 4 aromatic rings. The molecule has 0 amide bonds. The number of rotatable bonds is 6. The Morgan fingerprint density at radius 1 is 1.19 bits per heavy atom. The van der Waals surface area contributed by atoms with Crippen LogP contribution in [0.2, 0.25) is 5.02 Å². The van der Waals surface area contributed by atoms with Crippen LogP contribution in [0.3, 0.4) is 0 Å². The summed E-state index contributed by atoms with van der Waals surface area (Å²) in [5.74, 6) is 2.18. The Morgan fingerprint density at radius 2 is 2.04 bits per heavy atom. The number of aromatic nitrogens is 4. The molecule has 0 unspecified atom stereocenters. The van der Waals surface area contributed by atoms with Gasteiger partial charge in [0.2, 0.25) is 5.82 Å². The summed E-state index contributed by atoms with van der Waals surface area (Å²) in [6, 6.07) is 11.7. The van der Waals surface area contributed by atoms with Crippen LogP contribution >= 0.6 is 34.7 Å². The summed E-state index contributed by atoms with van der Waals surface area (Å²) in [5, 5.41) is 13.2. The van der Waals surface area contributed by atoms with Crippen molar-refractivity contribution in [1.82, 2.24) is 19.7 Å². The first-order valence-corrected chi connectivity index (χ1v) is 10.7. The van der Waals surface area contributed by atoms with Crippen LogP contribution in [0.1, 0.15) is 25.6 Å². The molecule has 0 saturated heterocycles. The molecule has 0 fully saturated rings. The molecule has 3 aromatic heterocycles. The van der Waals surface area contributed by atoms with E-state index >= 15 is 0 Å². The monoisotopic (exact) mass is 416 g/mol. The van der Waals surface area contributed by atoms with Gasteiger partial charge in [-0.3, -0.25) is 4.57 Å². The molecule has 4 rings (SSSR count). The lowest BCUT2D eigenvalue weighted by molar-refractivity contribution is 0.529. The molecule has 1 aromatic carbocycles. The number of hydrogen-bond donors (Lipinski definition) is 0. The number of thioether (sulfide) groups is 1. The Bertz CT molecular complexity index is 1040. The van der Waals surface area contributed by atoms with Crippen LogP contribution in [-0.2, 0) is 5.75 Å². The Hall–Kier alpha value is -2.09. The lowest BCUT2D eigenvalue weighted by Gasteiger charge is -2.12. The van der Waals surface area contributed by atoms with Crippen molar-refractivity contribution in [3.05, 3.63) is 58.8 Å². The Balaban J connectivity index is 1.54. The van der Waals surface area contributed by atoms with Crippen LogP contribution in [0.15, 0.2) is 57.6 Å². The fourth-order valence-electron chi connectivity index (χ4n) is 2.68. The van der Waals surface area contributed by atoms with Gasteiger partial charge in [-0.2, -0.15) is 0 Å². The van der Waals surface area contributed by atoms with Crippen molar-refractivity contribution in [3.8, 4) is 22.2 Å². The van der Waals surface area contributed by atoms with Crippen LogP contribution < -0.4 is 0 Å². The smallest absolute Gasteiger partial charge is 0.200 e. The summed E-state index contributed by atoms with van der Waals surface area (Å²) >= 11 is 9.50. The van der Waals surface area contributed by atoms with Crippen LogP contribution in [0.5, 0.6) is 0 Å². The average molecular weight is 417 g/mol. The van der Waals surface area contributed by atoms with E-state index in [9.17, 15) is 0 Å². The predicted molar refractivity (Wildman–Crippen MR) is 110 cm³/mol. The number of furan rings is 1. The van der Waals surface area contributed by atoms with Crippen molar-refractivity contribution in [2.45, 2.75) is 30.8 Å². The number of thiazole rings is 1. The fraction of sp³-hybridized carbons (Fsp3) is 0.211. The molecule has 0 bridgehead atoms. The molecule has 138 valence electrons. The lowest BCUT2D eigenvalue weighted by atomic mass is 10.2. The molecular formula is C19H17ClN4OS2. The molecule has 27 heavy (non-hydrogen) atoms. The zero-order valence-electron chi connectivity index (χ0n) is 14.8. The quantitative estimate of drug-likeness (QED) is 0.351. The summed E-state index contributed by atoms with van der Waals surface area (Å²) < 4.78 is 7.58. The maximum Gasteiger partial charge on any atom is 0.200 e. The first-order valence-electron chi connectivity index (χ1n) is 8.44. The minimum absolute atomic E-state index is 0.219. The molecule has 0 aliphatic carbocycles. The van der Waals surface area contributed by atoms with E-state index in [1.165, 1.54) is 0 Å². The molecule has 0 N–H and O–H groups in total. The minimum atomic E-state index is 0.219. The number of nitrogens with zero attached hydrogens (tertiary/aromatic N) is 4.